The second-order valence-corrected chi connectivity index (χ2v) is 5.16. The van der Waals surface area contributed by atoms with E-state index in [4.69, 9.17) is 5.73 Å². The third-order valence-electron chi connectivity index (χ3n) is 3.73. The fraction of sp³-hybridized carbons (Fsp3) is 0.571. The van der Waals surface area contributed by atoms with Crippen molar-refractivity contribution in [3.05, 3.63) is 24.0 Å². The summed E-state index contributed by atoms with van der Waals surface area (Å²) in [6, 6.07) is 4.11. The smallest absolute Gasteiger partial charge is 0.267 e. The van der Waals surface area contributed by atoms with Gasteiger partial charge in [-0.2, -0.15) is 0 Å². The predicted octanol–water partition coefficient (Wildman–Crippen LogP) is 2.56. The van der Waals surface area contributed by atoms with Crippen molar-refractivity contribution in [1.82, 2.24) is 4.98 Å². The van der Waals surface area contributed by atoms with Gasteiger partial charge in [-0.1, -0.05) is 26.2 Å². The van der Waals surface area contributed by atoms with E-state index in [1.54, 1.807) is 12.3 Å². The molecule has 1 heterocycles. The lowest BCUT2D eigenvalue weighted by Gasteiger charge is -2.24. The van der Waals surface area contributed by atoms with Gasteiger partial charge in [-0.05, 0) is 30.9 Å². The lowest BCUT2D eigenvalue weighted by molar-refractivity contribution is 0.0995. The molecule has 1 aromatic rings. The number of primary amides is 1. The fourth-order valence-electron chi connectivity index (χ4n) is 2.58. The average molecular weight is 247 g/mol. The van der Waals surface area contributed by atoms with Gasteiger partial charge in [-0.3, -0.25) is 9.78 Å². The summed E-state index contributed by atoms with van der Waals surface area (Å²) in [4.78, 5) is 15.1. The van der Waals surface area contributed by atoms with Gasteiger partial charge < -0.3 is 11.1 Å². The molecular formula is C14H21N3O. The molecule has 18 heavy (non-hydrogen) atoms. The zero-order valence-electron chi connectivity index (χ0n) is 10.9. The largest absolute Gasteiger partial charge is 0.382 e. The summed E-state index contributed by atoms with van der Waals surface area (Å²) < 4.78 is 0. The number of amides is 1. The molecule has 4 heteroatoms. The summed E-state index contributed by atoms with van der Waals surface area (Å²) >= 11 is 0. The first kappa shape index (κ1) is 12.9. The SMILES string of the molecule is CC1CCCCCC1Nc1ccnc(C(N)=O)c1. The normalized spacial score (nSPS) is 24.3. The molecule has 0 aliphatic heterocycles. The summed E-state index contributed by atoms with van der Waals surface area (Å²) in [6.07, 6.45) is 8.01. The Morgan fingerprint density at radius 1 is 1.39 bits per heavy atom. The predicted molar refractivity (Wildman–Crippen MR) is 72.4 cm³/mol. The van der Waals surface area contributed by atoms with E-state index in [0.717, 1.165) is 5.69 Å². The van der Waals surface area contributed by atoms with Crippen molar-refractivity contribution in [3.8, 4) is 0 Å². The minimum Gasteiger partial charge on any atom is -0.382 e. The minimum atomic E-state index is -0.479. The van der Waals surface area contributed by atoms with Crippen molar-refractivity contribution in [2.24, 2.45) is 11.7 Å². The molecule has 1 amide bonds. The fourth-order valence-corrected chi connectivity index (χ4v) is 2.58. The van der Waals surface area contributed by atoms with E-state index >= 15 is 0 Å². The van der Waals surface area contributed by atoms with E-state index in [-0.39, 0.29) is 0 Å². The Kier molecular flexibility index (Phi) is 4.18. The van der Waals surface area contributed by atoms with Gasteiger partial charge in [0.05, 0.1) is 0 Å². The van der Waals surface area contributed by atoms with Gasteiger partial charge in [0.15, 0.2) is 0 Å². The number of nitrogens with one attached hydrogen (secondary N) is 1. The average Bonchev–Trinajstić information content (AvgIpc) is 2.55. The Morgan fingerprint density at radius 2 is 2.17 bits per heavy atom. The van der Waals surface area contributed by atoms with Crippen molar-refractivity contribution >= 4 is 11.6 Å². The lowest BCUT2D eigenvalue weighted by atomic mass is 9.97. The van der Waals surface area contributed by atoms with Gasteiger partial charge in [-0.25, -0.2) is 0 Å². The molecule has 2 rings (SSSR count). The van der Waals surface area contributed by atoms with E-state index < -0.39 is 5.91 Å². The molecule has 0 aromatic carbocycles. The van der Waals surface area contributed by atoms with Gasteiger partial charge in [-0.15, -0.1) is 0 Å². The van der Waals surface area contributed by atoms with Crippen LogP contribution in [-0.2, 0) is 0 Å². The van der Waals surface area contributed by atoms with E-state index in [0.29, 0.717) is 17.7 Å². The molecule has 4 nitrogen and oxygen atoms in total. The van der Waals surface area contributed by atoms with Crippen molar-refractivity contribution in [2.75, 3.05) is 5.32 Å². The quantitative estimate of drug-likeness (QED) is 0.807. The van der Waals surface area contributed by atoms with E-state index in [1.165, 1.54) is 32.1 Å². The zero-order valence-corrected chi connectivity index (χ0v) is 10.9. The molecule has 1 aromatic heterocycles. The third kappa shape index (κ3) is 3.22. The maximum atomic E-state index is 11.1. The number of rotatable bonds is 3. The van der Waals surface area contributed by atoms with Crippen LogP contribution < -0.4 is 11.1 Å². The second kappa shape index (κ2) is 5.85. The van der Waals surface area contributed by atoms with Gasteiger partial charge in [0.1, 0.15) is 5.69 Å². The number of aromatic nitrogens is 1. The standard InChI is InChI=1S/C14H21N3O/c1-10-5-3-2-4-6-12(10)17-11-7-8-16-13(9-11)14(15)18/h7-10,12H,2-6H2,1H3,(H2,15,18)(H,16,17). The molecule has 2 atom stereocenters. The van der Waals surface area contributed by atoms with Crippen molar-refractivity contribution in [2.45, 2.75) is 45.1 Å². The van der Waals surface area contributed by atoms with Crippen molar-refractivity contribution in [3.63, 3.8) is 0 Å². The van der Waals surface area contributed by atoms with Gasteiger partial charge in [0.2, 0.25) is 0 Å². The van der Waals surface area contributed by atoms with E-state index in [9.17, 15) is 4.79 Å². The Balaban J connectivity index is 2.07. The van der Waals surface area contributed by atoms with Crippen LogP contribution in [0.1, 0.15) is 49.5 Å². The third-order valence-corrected chi connectivity index (χ3v) is 3.73. The van der Waals surface area contributed by atoms with Gasteiger partial charge in [0.25, 0.3) is 5.91 Å². The molecule has 1 aliphatic carbocycles. The summed E-state index contributed by atoms with van der Waals surface area (Å²) in [5.41, 5.74) is 6.50. The number of nitrogens with two attached hydrogens (primary N) is 1. The van der Waals surface area contributed by atoms with E-state index in [2.05, 4.69) is 17.2 Å². The first-order chi connectivity index (χ1) is 8.66. The number of carbonyl (C=O) groups is 1. The second-order valence-electron chi connectivity index (χ2n) is 5.16. The summed E-state index contributed by atoms with van der Waals surface area (Å²) in [5, 5.41) is 3.52. The van der Waals surface area contributed by atoms with Gasteiger partial charge in [0, 0.05) is 17.9 Å². The lowest BCUT2D eigenvalue weighted by Crippen LogP contribution is -2.26. The van der Waals surface area contributed by atoms with Crippen LogP contribution in [0.2, 0.25) is 0 Å². The highest BCUT2D eigenvalue weighted by Crippen LogP contribution is 2.25. The molecule has 0 saturated heterocycles. The van der Waals surface area contributed by atoms with Crippen LogP contribution in [0.4, 0.5) is 5.69 Å². The summed E-state index contributed by atoms with van der Waals surface area (Å²) in [6.45, 7) is 2.29. The van der Waals surface area contributed by atoms with Crippen LogP contribution in [0.5, 0.6) is 0 Å². The highest BCUT2D eigenvalue weighted by atomic mass is 16.1. The molecule has 0 radical (unpaired) electrons. The maximum absolute atomic E-state index is 11.1. The highest BCUT2D eigenvalue weighted by Gasteiger charge is 2.19. The number of anilines is 1. The number of pyridine rings is 1. The monoisotopic (exact) mass is 247 g/mol. The molecule has 1 aliphatic rings. The van der Waals surface area contributed by atoms with Crippen LogP contribution in [0.25, 0.3) is 0 Å². The number of nitrogens with zero attached hydrogens (tertiary/aromatic N) is 1. The Labute approximate surface area is 108 Å². The Morgan fingerprint density at radius 3 is 2.94 bits per heavy atom. The molecule has 3 N–H and O–H groups in total. The molecule has 0 spiro atoms. The Bertz CT molecular complexity index is 419. The summed E-state index contributed by atoms with van der Waals surface area (Å²) in [7, 11) is 0. The molecule has 2 unspecified atom stereocenters. The van der Waals surface area contributed by atoms with Crippen LogP contribution >= 0.6 is 0 Å². The van der Waals surface area contributed by atoms with Crippen LogP contribution in [0.3, 0.4) is 0 Å². The molecule has 1 saturated carbocycles. The number of hydrogen-bond donors (Lipinski definition) is 2. The first-order valence-electron chi connectivity index (χ1n) is 6.69. The first-order valence-corrected chi connectivity index (χ1v) is 6.69. The minimum absolute atomic E-state index is 0.321. The highest BCUT2D eigenvalue weighted by molar-refractivity contribution is 5.91. The molecule has 0 bridgehead atoms. The van der Waals surface area contributed by atoms with Crippen LogP contribution in [0, 0.1) is 5.92 Å². The maximum Gasteiger partial charge on any atom is 0.267 e. The van der Waals surface area contributed by atoms with Crippen LogP contribution in [-0.4, -0.2) is 16.9 Å². The number of hydrogen-bond acceptors (Lipinski definition) is 3. The molecular weight excluding hydrogens is 226 g/mol. The number of carbonyl (C=O) groups excluding carboxylic acids is 1. The van der Waals surface area contributed by atoms with E-state index in [1.807, 2.05) is 6.07 Å². The molecule has 98 valence electrons. The van der Waals surface area contributed by atoms with Gasteiger partial charge >= 0.3 is 0 Å². The van der Waals surface area contributed by atoms with Crippen molar-refractivity contribution in [1.29, 1.82) is 0 Å². The van der Waals surface area contributed by atoms with Crippen molar-refractivity contribution < 1.29 is 4.79 Å². The topological polar surface area (TPSA) is 68.0 Å². The summed E-state index contributed by atoms with van der Waals surface area (Å²) in [5.74, 6) is 0.185. The van der Waals surface area contributed by atoms with Crippen LogP contribution in [0.15, 0.2) is 18.3 Å². The molecule has 1 fully saturated rings. The Hall–Kier alpha value is -1.58. The zero-order chi connectivity index (χ0) is 13.0.